The van der Waals surface area contributed by atoms with Gasteiger partial charge in [0.2, 0.25) is 5.91 Å². The van der Waals surface area contributed by atoms with Gasteiger partial charge in [-0.3, -0.25) is 14.8 Å². The fraction of sp³-hybridized carbons (Fsp3) is 0.167. The average molecular weight is 449 g/mol. The minimum atomic E-state index is -0.190. The van der Waals surface area contributed by atoms with Crippen LogP contribution in [0.4, 0.5) is 5.69 Å². The molecule has 0 aliphatic carbocycles. The Labute approximate surface area is 164 Å². The number of hydrogen-bond acceptors (Lipinski definition) is 3. The van der Waals surface area contributed by atoms with Crippen LogP contribution < -0.4 is 16.0 Å². The van der Waals surface area contributed by atoms with Crippen molar-refractivity contribution in [3.63, 3.8) is 0 Å². The Morgan fingerprint density at radius 3 is 2.76 bits per heavy atom. The number of pyridine rings is 1. The van der Waals surface area contributed by atoms with Crippen LogP contribution in [0.1, 0.15) is 11.3 Å². The lowest BCUT2D eigenvalue weighted by Gasteiger charge is -2.12. The first kappa shape index (κ1) is 20.4. The molecule has 0 fully saturated rings. The molecule has 0 unspecified atom stereocenters. The van der Waals surface area contributed by atoms with Gasteiger partial charge in [0.25, 0.3) is 0 Å². The van der Waals surface area contributed by atoms with E-state index < -0.39 is 0 Å². The van der Waals surface area contributed by atoms with Gasteiger partial charge in [-0.1, -0.05) is 18.1 Å². The van der Waals surface area contributed by atoms with E-state index in [0.717, 1.165) is 5.69 Å². The molecule has 1 heterocycles. The molecule has 1 amide bonds. The molecule has 0 aliphatic heterocycles. The van der Waals surface area contributed by atoms with Crippen molar-refractivity contribution >= 4 is 41.5 Å². The maximum atomic E-state index is 12.0. The van der Waals surface area contributed by atoms with Crippen LogP contribution in [0.2, 0.25) is 0 Å². The molecule has 0 saturated carbocycles. The van der Waals surface area contributed by atoms with Crippen LogP contribution in [0.5, 0.6) is 0 Å². The largest absolute Gasteiger partial charge is 0.351 e. The standard InChI is InChI=1S/C18H19N5O.HI/c1-3-14-7-6-9-15(11-14)23-17(24)13-22-18(19-2)21-12-16-8-4-5-10-20-16;/h1,4-11H,12-13H2,2H3,(H,23,24)(H2,19,21,22);1H. The number of guanidine groups is 1. The molecule has 2 rings (SSSR count). The van der Waals surface area contributed by atoms with Crippen molar-refractivity contribution in [2.24, 2.45) is 4.99 Å². The highest BCUT2D eigenvalue weighted by Crippen LogP contribution is 2.09. The lowest BCUT2D eigenvalue weighted by Crippen LogP contribution is -2.41. The van der Waals surface area contributed by atoms with E-state index in [-0.39, 0.29) is 36.4 Å². The third-order valence-electron chi connectivity index (χ3n) is 3.12. The second kappa shape index (κ2) is 11.0. The van der Waals surface area contributed by atoms with Crippen molar-refractivity contribution in [3.8, 4) is 12.3 Å². The quantitative estimate of drug-likeness (QED) is 0.283. The lowest BCUT2D eigenvalue weighted by atomic mass is 10.2. The Morgan fingerprint density at radius 2 is 2.08 bits per heavy atom. The summed E-state index contributed by atoms with van der Waals surface area (Å²) >= 11 is 0. The summed E-state index contributed by atoms with van der Waals surface area (Å²) < 4.78 is 0. The van der Waals surface area contributed by atoms with Crippen molar-refractivity contribution in [1.82, 2.24) is 15.6 Å². The van der Waals surface area contributed by atoms with E-state index in [0.29, 0.717) is 23.8 Å². The topological polar surface area (TPSA) is 78.4 Å². The van der Waals surface area contributed by atoms with Gasteiger partial charge >= 0.3 is 0 Å². The smallest absolute Gasteiger partial charge is 0.243 e. The SMILES string of the molecule is C#Cc1cccc(NC(=O)CNC(=NC)NCc2ccccn2)c1.I. The molecule has 1 aromatic carbocycles. The number of hydrogen-bond donors (Lipinski definition) is 3. The maximum absolute atomic E-state index is 12.0. The zero-order chi connectivity index (χ0) is 17.2. The summed E-state index contributed by atoms with van der Waals surface area (Å²) in [5.74, 6) is 2.86. The first-order valence-corrected chi connectivity index (χ1v) is 7.42. The second-order valence-electron chi connectivity index (χ2n) is 4.87. The molecule has 0 bridgehead atoms. The van der Waals surface area contributed by atoms with Crippen molar-refractivity contribution in [2.75, 3.05) is 18.9 Å². The molecule has 1 aromatic heterocycles. The van der Waals surface area contributed by atoms with Crippen LogP contribution in [0, 0.1) is 12.3 Å². The first-order valence-electron chi connectivity index (χ1n) is 7.42. The normalized spacial score (nSPS) is 10.2. The van der Waals surface area contributed by atoms with Crippen molar-refractivity contribution in [2.45, 2.75) is 6.54 Å². The number of aromatic nitrogens is 1. The summed E-state index contributed by atoms with van der Waals surface area (Å²) in [6.45, 7) is 0.606. The second-order valence-corrected chi connectivity index (χ2v) is 4.87. The molecule has 2 aromatic rings. The number of nitrogens with zero attached hydrogens (tertiary/aromatic N) is 2. The molecule has 0 spiro atoms. The van der Waals surface area contributed by atoms with Crippen LogP contribution >= 0.6 is 24.0 Å². The summed E-state index contributed by atoms with van der Waals surface area (Å²) in [6, 6.07) is 12.8. The van der Waals surface area contributed by atoms with Crippen LogP contribution in [0.15, 0.2) is 53.7 Å². The maximum Gasteiger partial charge on any atom is 0.243 e. The Kier molecular flexibility index (Phi) is 9.03. The van der Waals surface area contributed by atoms with E-state index in [9.17, 15) is 4.79 Å². The Hall–Kier alpha value is -2.60. The minimum Gasteiger partial charge on any atom is -0.351 e. The highest BCUT2D eigenvalue weighted by Gasteiger charge is 2.05. The number of carbonyl (C=O) groups excluding carboxylic acids is 1. The predicted octanol–water partition coefficient (Wildman–Crippen LogP) is 1.98. The molecular weight excluding hydrogens is 429 g/mol. The molecule has 0 saturated heterocycles. The zero-order valence-corrected chi connectivity index (χ0v) is 16.2. The van der Waals surface area contributed by atoms with E-state index in [2.05, 4.69) is 31.8 Å². The Bertz CT molecular complexity index is 756. The summed E-state index contributed by atoms with van der Waals surface area (Å²) in [6.07, 6.45) is 7.07. The monoisotopic (exact) mass is 449 g/mol. The summed E-state index contributed by atoms with van der Waals surface area (Å²) in [5, 5.41) is 8.82. The Morgan fingerprint density at radius 1 is 1.24 bits per heavy atom. The minimum absolute atomic E-state index is 0. The van der Waals surface area contributed by atoms with Crippen LogP contribution in [0.3, 0.4) is 0 Å². The number of benzene rings is 1. The number of aliphatic imine (C=N–C) groups is 1. The highest BCUT2D eigenvalue weighted by atomic mass is 127. The number of nitrogens with one attached hydrogen (secondary N) is 3. The van der Waals surface area contributed by atoms with Crippen molar-refractivity contribution in [1.29, 1.82) is 0 Å². The van der Waals surface area contributed by atoms with Gasteiger partial charge in [-0.25, -0.2) is 0 Å². The summed E-state index contributed by atoms with van der Waals surface area (Å²) in [4.78, 5) is 20.3. The fourth-order valence-electron chi connectivity index (χ4n) is 1.95. The van der Waals surface area contributed by atoms with Gasteiger partial charge in [-0.15, -0.1) is 30.4 Å². The van der Waals surface area contributed by atoms with Crippen molar-refractivity contribution < 1.29 is 4.79 Å². The number of anilines is 1. The zero-order valence-electron chi connectivity index (χ0n) is 13.8. The predicted molar refractivity (Wildman–Crippen MR) is 111 cm³/mol. The molecule has 0 radical (unpaired) electrons. The van der Waals surface area contributed by atoms with Crippen LogP contribution in [-0.4, -0.2) is 30.4 Å². The van der Waals surface area contributed by atoms with Gasteiger partial charge < -0.3 is 16.0 Å². The number of rotatable bonds is 5. The molecule has 7 heteroatoms. The van der Waals surface area contributed by atoms with Crippen LogP contribution in [-0.2, 0) is 11.3 Å². The number of amides is 1. The van der Waals surface area contributed by atoms with Gasteiger partial charge in [0, 0.05) is 24.5 Å². The number of terminal acetylenes is 1. The van der Waals surface area contributed by atoms with E-state index in [1.165, 1.54) is 0 Å². The van der Waals surface area contributed by atoms with Gasteiger partial charge in [-0.2, -0.15) is 0 Å². The molecular formula is C18H20IN5O. The molecule has 0 aliphatic rings. The third-order valence-corrected chi connectivity index (χ3v) is 3.12. The van der Waals surface area contributed by atoms with E-state index >= 15 is 0 Å². The molecule has 3 N–H and O–H groups in total. The highest BCUT2D eigenvalue weighted by molar-refractivity contribution is 14.0. The van der Waals surface area contributed by atoms with E-state index in [1.807, 2.05) is 18.2 Å². The number of carbonyl (C=O) groups is 1. The van der Waals surface area contributed by atoms with Gasteiger partial charge in [-0.05, 0) is 30.3 Å². The summed E-state index contributed by atoms with van der Waals surface area (Å²) in [5.41, 5.74) is 2.26. The molecule has 25 heavy (non-hydrogen) atoms. The fourth-order valence-corrected chi connectivity index (χ4v) is 1.95. The van der Waals surface area contributed by atoms with E-state index in [1.54, 1.807) is 37.5 Å². The average Bonchev–Trinajstić information content (AvgIpc) is 2.63. The van der Waals surface area contributed by atoms with Gasteiger partial charge in [0.15, 0.2) is 5.96 Å². The van der Waals surface area contributed by atoms with Gasteiger partial charge in [0.05, 0.1) is 18.8 Å². The van der Waals surface area contributed by atoms with E-state index in [4.69, 9.17) is 6.42 Å². The number of halogens is 1. The molecule has 0 atom stereocenters. The summed E-state index contributed by atoms with van der Waals surface area (Å²) in [7, 11) is 1.64. The Balaban J connectivity index is 0.00000312. The van der Waals surface area contributed by atoms with Crippen molar-refractivity contribution in [3.05, 3.63) is 59.9 Å². The third kappa shape index (κ3) is 7.22. The van der Waals surface area contributed by atoms with Crippen LogP contribution in [0.25, 0.3) is 0 Å². The lowest BCUT2D eigenvalue weighted by molar-refractivity contribution is -0.115. The molecule has 6 nitrogen and oxygen atoms in total. The van der Waals surface area contributed by atoms with Gasteiger partial charge in [0.1, 0.15) is 0 Å². The molecule has 130 valence electrons. The first-order chi connectivity index (χ1) is 11.7.